The minimum atomic E-state index is -0.507. The van der Waals surface area contributed by atoms with Crippen molar-refractivity contribution in [3.63, 3.8) is 0 Å². The molecule has 0 atom stereocenters. The Morgan fingerprint density at radius 2 is 2.24 bits per heavy atom. The van der Waals surface area contributed by atoms with Crippen LogP contribution in [0.1, 0.15) is 31.7 Å². The molecule has 3 nitrogen and oxygen atoms in total. The Kier molecular flexibility index (Phi) is 5.27. The minimum Gasteiger partial charge on any atom is -0.508 e. The zero-order chi connectivity index (χ0) is 12.7. The fraction of sp³-hybridized carbons (Fsp3) is 0.357. The predicted molar refractivity (Wildman–Crippen MR) is 67.2 cm³/mol. The molecule has 0 spiro atoms. The van der Waals surface area contributed by atoms with E-state index in [-0.39, 0.29) is 5.75 Å². The number of rotatable bonds is 6. The summed E-state index contributed by atoms with van der Waals surface area (Å²) in [6, 6.07) is 4.94. The highest BCUT2D eigenvalue weighted by molar-refractivity contribution is 5.83. The van der Waals surface area contributed by atoms with Gasteiger partial charge in [0.05, 0.1) is 0 Å². The summed E-state index contributed by atoms with van der Waals surface area (Å²) in [4.78, 5) is 11.2. The summed E-state index contributed by atoms with van der Waals surface area (Å²) in [7, 11) is 0. The fourth-order valence-electron chi connectivity index (χ4n) is 1.60. The van der Waals surface area contributed by atoms with Gasteiger partial charge < -0.3 is 9.84 Å². The zero-order valence-electron chi connectivity index (χ0n) is 10.1. The van der Waals surface area contributed by atoms with Crippen molar-refractivity contribution < 1.29 is 14.6 Å². The Morgan fingerprint density at radius 3 is 2.88 bits per heavy atom. The van der Waals surface area contributed by atoms with Crippen molar-refractivity contribution in [2.24, 2.45) is 0 Å². The summed E-state index contributed by atoms with van der Waals surface area (Å²) in [6.07, 6.45) is 4.98. The number of phenols is 1. The highest BCUT2D eigenvalue weighted by Gasteiger charge is 2.10. The second-order valence-corrected chi connectivity index (χ2v) is 3.84. The molecule has 0 heterocycles. The first-order valence-electron chi connectivity index (χ1n) is 5.84. The lowest BCUT2D eigenvalue weighted by Gasteiger charge is -2.10. The van der Waals surface area contributed by atoms with Crippen LogP contribution in [0.25, 0.3) is 0 Å². The highest BCUT2D eigenvalue weighted by atomic mass is 16.5. The second kappa shape index (κ2) is 6.74. The molecule has 0 unspecified atom stereocenters. The first-order chi connectivity index (χ1) is 8.19. The van der Waals surface area contributed by atoms with Gasteiger partial charge in [-0.05, 0) is 25.0 Å². The molecule has 1 rings (SSSR count). The Labute approximate surface area is 102 Å². The van der Waals surface area contributed by atoms with Crippen molar-refractivity contribution in [2.45, 2.75) is 32.6 Å². The van der Waals surface area contributed by atoms with E-state index in [2.05, 4.69) is 13.5 Å². The summed E-state index contributed by atoms with van der Waals surface area (Å²) in [5.74, 6) is 0.0915. The summed E-state index contributed by atoms with van der Waals surface area (Å²) in [6.45, 7) is 5.46. The lowest BCUT2D eigenvalue weighted by molar-refractivity contribution is -0.129. The third kappa shape index (κ3) is 3.94. The van der Waals surface area contributed by atoms with Crippen molar-refractivity contribution in [1.82, 2.24) is 0 Å². The van der Waals surface area contributed by atoms with Gasteiger partial charge in [-0.25, -0.2) is 4.79 Å². The van der Waals surface area contributed by atoms with Crippen molar-refractivity contribution in [2.75, 3.05) is 0 Å². The molecule has 1 aromatic rings. The normalized spacial score (nSPS) is 9.94. The number of hydrogen-bond acceptors (Lipinski definition) is 3. The summed E-state index contributed by atoms with van der Waals surface area (Å²) < 4.78 is 5.09. The number of hydrogen-bond donors (Lipinski definition) is 1. The number of aromatic hydroxyl groups is 1. The first-order valence-corrected chi connectivity index (χ1v) is 5.84. The van der Waals surface area contributed by atoms with Gasteiger partial charge in [-0.15, -0.1) is 0 Å². The Morgan fingerprint density at radius 1 is 1.47 bits per heavy atom. The highest BCUT2D eigenvalue weighted by Crippen LogP contribution is 2.29. The SMILES string of the molecule is C=CC(=O)Oc1cccc(O)c1CCCCC. The number of esters is 1. The molecule has 3 heteroatoms. The number of benzene rings is 1. The minimum absolute atomic E-state index is 0.176. The monoisotopic (exact) mass is 234 g/mol. The van der Waals surface area contributed by atoms with Crippen LogP contribution in [-0.4, -0.2) is 11.1 Å². The van der Waals surface area contributed by atoms with E-state index in [0.29, 0.717) is 17.7 Å². The van der Waals surface area contributed by atoms with Gasteiger partial charge in [-0.1, -0.05) is 32.4 Å². The third-order valence-corrected chi connectivity index (χ3v) is 2.52. The molecule has 0 fully saturated rings. The molecule has 1 N–H and O–H groups in total. The molecule has 0 amide bonds. The van der Waals surface area contributed by atoms with E-state index >= 15 is 0 Å². The van der Waals surface area contributed by atoms with E-state index in [0.717, 1.165) is 25.3 Å². The maximum absolute atomic E-state index is 11.2. The number of unbranched alkanes of at least 4 members (excludes halogenated alkanes) is 2. The standard InChI is InChI=1S/C14H18O3/c1-3-5-6-8-11-12(15)9-7-10-13(11)17-14(16)4-2/h4,7,9-10,15H,2-3,5-6,8H2,1H3. The van der Waals surface area contributed by atoms with Gasteiger partial charge in [0, 0.05) is 11.6 Å². The summed E-state index contributed by atoms with van der Waals surface area (Å²) in [5, 5.41) is 9.76. The van der Waals surface area contributed by atoms with Crippen LogP contribution < -0.4 is 4.74 Å². The quantitative estimate of drug-likeness (QED) is 0.356. The molecule has 0 aliphatic heterocycles. The van der Waals surface area contributed by atoms with Gasteiger partial charge in [0.1, 0.15) is 11.5 Å². The van der Waals surface area contributed by atoms with Gasteiger partial charge in [0.15, 0.2) is 0 Å². The maximum Gasteiger partial charge on any atom is 0.335 e. The zero-order valence-corrected chi connectivity index (χ0v) is 10.1. The van der Waals surface area contributed by atoms with E-state index in [4.69, 9.17) is 4.74 Å². The lowest BCUT2D eigenvalue weighted by atomic mass is 10.1. The van der Waals surface area contributed by atoms with Crippen LogP contribution in [-0.2, 0) is 11.2 Å². The first kappa shape index (κ1) is 13.3. The van der Waals surface area contributed by atoms with Crippen LogP contribution in [0.3, 0.4) is 0 Å². The molecule has 0 aliphatic rings. The smallest absolute Gasteiger partial charge is 0.335 e. The third-order valence-electron chi connectivity index (χ3n) is 2.52. The lowest BCUT2D eigenvalue weighted by Crippen LogP contribution is -2.05. The van der Waals surface area contributed by atoms with Gasteiger partial charge in [0.25, 0.3) is 0 Å². The number of carbonyl (C=O) groups is 1. The van der Waals surface area contributed by atoms with Crippen LogP contribution in [0.4, 0.5) is 0 Å². The molecule has 0 saturated heterocycles. The Hall–Kier alpha value is -1.77. The average Bonchev–Trinajstić information content (AvgIpc) is 2.32. The van der Waals surface area contributed by atoms with Gasteiger partial charge in [0.2, 0.25) is 0 Å². The van der Waals surface area contributed by atoms with Crippen LogP contribution in [0.15, 0.2) is 30.9 Å². The van der Waals surface area contributed by atoms with Crippen LogP contribution >= 0.6 is 0 Å². The Balaban J connectivity index is 2.83. The summed E-state index contributed by atoms with van der Waals surface area (Å²) in [5.41, 5.74) is 0.691. The largest absolute Gasteiger partial charge is 0.508 e. The molecular formula is C14H18O3. The topological polar surface area (TPSA) is 46.5 Å². The van der Waals surface area contributed by atoms with E-state index in [1.165, 1.54) is 0 Å². The number of carbonyl (C=O) groups excluding carboxylic acids is 1. The molecule has 0 aliphatic carbocycles. The molecule has 17 heavy (non-hydrogen) atoms. The van der Waals surface area contributed by atoms with Crippen LogP contribution in [0.2, 0.25) is 0 Å². The van der Waals surface area contributed by atoms with Crippen LogP contribution in [0, 0.1) is 0 Å². The van der Waals surface area contributed by atoms with E-state index in [1.807, 2.05) is 0 Å². The molecule has 0 aromatic heterocycles. The average molecular weight is 234 g/mol. The van der Waals surface area contributed by atoms with Gasteiger partial charge >= 0.3 is 5.97 Å². The van der Waals surface area contributed by atoms with Crippen molar-refractivity contribution in [3.05, 3.63) is 36.4 Å². The fourth-order valence-corrected chi connectivity index (χ4v) is 1.60. The van der Waals surface area contributed by atoms with E-state index in [9.17, 15) is 9.90 Å². The maximum atomic E-state index is 11.2. The molecule has 0 radical (unpaired) electrons. The van der Waals surface area contributed by atoms with Crippen molar-refractivity contribution in [1.29, 1.82) is 0 Å². The van der Waals surface area contributed by atoms with Crippen LogP contribution in [0.5, 0.6) is 11.5 Å². The van der Waals surface area contributed by atoms with E-state index < -0.39 is 5.97 Å². The number of phenolic OH excluding ortho intramolecular Hbond substituents is 1. The Bertz CT molecular complexity index is 396. The van der Waals surface area contributed by atoms with E-state index in [1.54, 1.807) is 18.2 Å². The van der Waals surface area contributed by atoms with Gasteiger partial charge in [-0.2, -0.15) is 0 Å². The molecule has 92 valence electrons. The number of ether oxygens (including phenoxy) is 1. The molecule has 1 aromatic carbocycles. The predicted octanol–water partition coefficient (Wildman–Crippen LogP) is 3.22. The molecule has 0 saturated carbocycles. The van der Waals surface area contributed by atoms with Gasteiger partial charge in [-0.3, -0.25) is 0 Å². The second-order valence-electron chi connectivity index (χ2n) is 3.84. The van der Waals surface area contributed by atoms with Crippen molar-refractivity contribution >= 4 is 5.97 Å². The summed E-state index contributed by atoms with van der Waals surface area (Å²) >= 11 is 0. The molecular weight excluding hydrogens is 216 g/mol. The molecule has 0 bridgehead atoms. The van der Waals surface area contributed by atoms with Crippen molar-refractivity contribution in [3.8, 4) is 11.5 Å².